The van der Waals surface area contributed by atoms with Crippen molar-refractivity contribution in [2.45, 2.75) is 19.3 Å². The number of imide groups is 1. The number of amides is 3. The Morgan fingerprint density at radius 2 is 2.00 bits per heavy atom. The predicted octanol–water partition coefficient (Wildman–Crippen LogP) is 0.270. The number of likely N-dealkylation sites (tertiary alicyclic amines) is 1. The van der Waals surface area contributed by atoms with Crippen LogP contribution in [0.25, 0.3) is 0 Å². The standard InChI is InChI=1S/C11H19N3O2/c1-13-5-2-9(3-6-13)4-7-14-8-10(15)12-11(14)16/h9H,2-8H2,1H3,(H,12,15,16). The van der Waals surface area contributed by atoms with E-state index < -0.39 is 0 Å². The van der Waals surface area contributed by atoms with Crippen LogP contribution in [-0.2, 0) is 4.79 Å². The monoisotopic (exact) mass is 225 g/mol. The van der Waals surface area contributed by atoms with Crippen LogP contribution < -0.4 is 5.32 Å². The van der Waals surface area contributed by atoms with Crippen molar-refractivity contribution in [2.24, 2.45) is 5.92 Å². The lowest BCUT2D eigenvalue weighted by atomic mass is 9.94. The molecule has 0 unspecified atom stereocenters. The minimum absolute atomic E-state index is 0.173. The molecule has 1 N–H and O–H groups in total. The zero-order chi connectivity index (χ0) is 11.5. The van der Waals surface area contributed by atoms with Crippen molar-refractivity contribution in [3.63, 3.8) is 0 Å². The quantitative estimate of drug-likeness (QED) is 0.701. The topological polar surface area (TPSA) is 52.6 Å². The summed E-state index contributed by atoms with van der Waals surface area (Å²) in [5, 5.41) is 2.30. The van der Waals surface area contributed by atoms with Gasteiger partial charge in [0.05, 0.1) is 0 Å². The summed E-state index contributed by atoms with van der Waals surface area (Å²) in [5.74, 6) is 0.535. The first-order valence-electron chi connectivity index (χ1n) is 5.92. The van der Waals surface area contributed by atoms with Crippen LogP contribution in [0.2, 0.25) is 0 Å². The van der Waals surface area contributed by atoms with Gasteiger partial charge in [-0.2, -0.15) is 0 Å². The van der Waals surface area contributed by atoms with E-state index in [9.17, 15) is 9.59 Å². The van der Waals surface area contributed by atoms with Gasteiger partial charge < -0.3 is 9.80 Å². The first kappa shape index (κ1) is 11.4. The van der Waals surface area contributed by atoms with Gasteiger partial charge in [0.2, 0.25) is 5.91 Å². The second-order valence-corrected chi connectivity index (χ2v) is 4.81. The van der Waals surface area contributed by atoms with Gasteiger partial charge in [0.1, 0.15) is 6.54 Å². The number of nitrogens with zero attached hydrogens (tertiary/aromatic N) is 2. The van der Waals surface area contributed by atoms with E-state index in [1.165, 1.54) is 12.8 Å². The maximum absolute atomic E-state index is 11.3. The molecule has 2 fully saturated rings. The number of piperidine rings is 1. The van der Waals surface area contributed by atoms with E-state index >= 15 is 0 Å². The Balaban J connectivity index is 1.71. The highest BCUT2D eigenvalue weighted by molar-refractivity contribution is 6.01. The molecule has 5 heteroatoms. The Hall–Kier alpha value is -1.10. The van der Waals surface area contributed by atoms with Gasteiger partial charge in [-0.15, -0.1) is 0 Å². The summed E-state index contributed by atoms with van der Waals surface area (Å²) in [4.78, 5) is 26.2. The molecule has 16 heavy (non-hydrogen) atoms. The molecule has 0 aromatic heterocycles. The average molecular weight is 225 g/mol. The molecule has 3 amide bonds. The molecule has 0 radical (unpaired) electrons. The van der Waals surface area contributed by atoms with Crippen LogP contribution in [0.5, 0.6) is 0 Å². The molecule has 2 aliphatic heterocycles. The highest BCUT2D eigenvalue weighted by Crippen LogP contribution is 2.20. The second-order valence-electron chi connectivity index (χ2n) is 4.81. The third kappa shape index (κ3) is 2.72. The van der Waals surface area contributed by atoms with Crippen LogP contribution >= 0.6 is 0 Å². The number of nitrogens with one attached hydrogen (secondary N) is 1. The maximum Gasteiger partial charge on any atom is 0.324 e. The third-order valence-corrected chi connectivity index (χ3v) is 3.51. The molecule has 0 aromatic carbocycles. The summed E-state index contributed by atoms with van der Waals surface area (Å²) in [5.41, 5.74) is 0. The highest BCUT2D eigenvalue weighted by atomic mass is 16.2. The molecule has 0 aromatic rings. The number of rotatable bonds is 3. The number of hydrogen-bond donors (Lipinski definition) is 1. The highest BCUT2D eigenvalue weighted by Gasteiger charge is 2.27. The lowest BCUT2D eigenvalue weighted by Crippen LogP contribution is -2.34. The van der Waals surface area contributed by atoms with Gasteiger partial charge in [0.15, 0.2) is 0 Å². The first-order chi connectivity index (χ1) is 7.65. The Labute approximate surface area is 95.8 Å². The van der Waals surface area contributed by atoms with Gasteiger partial charge in [-0.05, 0) is 45.3 Å². The fourth-order valence-electron chi connectivity index (χ4n) is 2.35. The van der Waals surface area contributed by atoms with Crippen molar-refractivity contribution in [1.82, 2.24) is 15.1 Å². The van der Waals surface area contributed by atoms with Crippen LogP contribution in [0.15, 0.2) is 0 Å². The summed E-state index contributed by atoms with van der Waals surface area (Å²) in [7, 11) is 2.14. The summed E-state index contributed by atoms with van der Waals surface area (Å²) in [6.45, 7) is 3.25. The van der Waals surface area contributed by atoms with Crippen LogP contribution in [-0.4, -0.2) is 55.0 Å². The zero-order valence-electron chi connectivity index (χ0n) is 9.74. The fraction of sp³-hybridized carbons (Fsp3) is 0.818. The van der Waals surface area contributed by atoms with Crippen LogP contribution in [0.1, 0.15) is 19.3 Å². The molecule has 5 nitrogen and oxygen atoms in total. The molecule has 2 aliphatic rings. The normalized spacial score (nSPS) is 23.9. The molecular formula is C11H19N3O2. The van der Waals surface area contributed by atoms with E-state index in [-0.39, 0.29) is 18.5 Å². The Morgan fingerprint density at radius 1 is 1.31 bits per heavy atom. The minimum Gasteiger partial charge on any atom is -0.315 e. The van der Waals surface area contributed by atoms with Gasteiger partial charge in [0.25, 0.3) is 0 Å². The Bertz CT molecular complexity index is 285. The lowest BCUT2D eigenvalue weighted by Gasteiger charge is -2.29. The van der Waals surface area contributed by atoms with E-state index in [0.717, 1.165) is 19.5 Å². The molecule has 0 spiro atoms. The van der Waals surface area contributed by atoms with E-state index in [2.05, 4.69) is 17.3 Å². The number of carbonyl (C=O) groups is 2. The Kier molecular flexibility index (Phi) is 3.43. The van der Waals surface area contributed by atoms with Gasteiger partial charge in [-0.1, -0.05) is 0 Å². The molecule has 0 bridgehead atoms. The van der Waals surface area contributed by atoms with Crippen molar-refractivity contribution in [1.29, 1.82) is 0 Å². The van der Waals surface area contributed by atoms with E-state index in [0.29, 0.717) is 12.5 Å². The number of hydrogen-bond acceptors (Lipinski definition) is 3. The average Bonchev–Trinajstić information content (AvgIpc) is 2.57. The minimum atomic E-state index is -0.224. The smallest absolute Gasteiger partial charge is 0.315 e. The molecule has 90 valence electrons. The number of urea groups is 1. The maximum atomic E-state index is 11.3. The van der Waals surface area contributed by atoms with Gasteiger partial charge in [-0.25, -0.2) is 4.79 Å². The summed E-state index contributed by atoms with van der Waals surface area (Å²) in [6, 6.07) is -0.224. The van der Waals surface area contributed by atoms with Gasteiger partial charge in [-0.3, -0.25) is 10.1 Å². The summed E-state index contributed by atoms with van der Waals surface area (Å²) < 4.78 is 0. The van der Waals surface area contributed by atoms with Gasteiger partial charge >= 0.3 is 6.03 Å². The zero-order valence-corrected chi connectivity index (χ0v) is 9.74. The molecule has 0 atom stereocenters. The predicted molar refractivity (Wildman–Crippen MR) is 59.9 cm³/mol. The second kappa shape index (κ2) is 4.82. The largest absolute Gasteiger partial charge is 0.324 e. The van der Waals surface area contributed by atoms with Crippen molar-refractivity contribution in [2.75, 3.05) is 33.2 Å². The van der Waals surface area contributed by atoms with Crippen LogP contribution in [0.4, 0.5) is 4.79 Å². The van der Waals surface area contributed by atoms with E-state index in [1.54, 1.807) is 4.90 Å². The molecule has 0 saturated carbocycles. The van der Waals surface area contributed by atoms with E-state index in [4.69, 9.17) is 0 Å². The lowest BCUT2D eigenvalue weighted by molar-refractivity contribution is -0.118. The van der Waals surface area contributed by atoms with E-state index in [1.807, 2.05) is 0 Å². The van der Waals surface area contributed by atoms with Crippen LogP contribution in [0, 0.1) is 5.92 Å². The SMILES string of the molecule is CN1CCC(CCN2CC(=O)NC2=O)CC1. The van der Waals surface area contributed by atoms with Crippen molar-refractivity contribution < 1.29 is 9.59 Å². The first-order valence-corrected chi connectivity index (χ1v) is 5.92. The molecule has 2 heterocycles. The molecular weight excluding hydrogens is 206 g/mol. The molecule has 0 aliphatic carbocycles. The summed E-state index contributed by atoms with van der Waals surface area (Å²) >= 11 is 0. The van der Waals surface area contributed by atoms with Gasteiger partial charge in [0, 0.05) is 6.54 Å². The molecule has 2 rings (SSSR count). The van der Waals surface area contributed by atoms with Crippen molar-refractivity contribution in [3.05, 3.63) is 0 Å². The van der Waals surface area contributed by atoms with Crippen molar-refractivity contribution >= 4 is 11.9 Å². The van der Waals surface area contributed by atoms with Crippen molar-refractivity contribution in [3.8, 4) is 0 Å². The third-order valence-electron chi connectivity index (χ3n) is 3.51. The molecule has 2 saturated heterocycles. The summed E-state index contributed by atoms with van der Waals surface area (Å²) in [6.07, 6.45) is 3.44. The van der Waals surface area contributed by atoms with Crippen LogP contribution in [0.3, 0.4) is 0 Å². The fourth-order valence-corrected chi connectivity index (χ4v) is 2.35. The number of carbonyl (C=O) groups excluding carboxylic acids is 2. The Morgan fingerprint density at radius 3 is 2.56 bits per heavy atom.